The van der Waals surface area contributed by atoms with Gasteiger partial charge in [0.15, 0.2) is 10.3 Å². The third-order valence-corrected chi connectivity index (χ3v) is 4.93. The van der Waals surface area contributed by atoms with Gasteiger partial charge in [-0.1, -0.05) is 23.5 Å². The van der Waals surface area contributed by atoms with Crippen LogP contribution in [0.4, 0.5) is 0 Å². The summed E-state index contributed by atoms with van der Waals surface area (Å²) < 4.78 is 0.510. The smallest absolute Gasteiger partial charge is 0.157 e. The van der Waals surface area contributed by atoms with Crippen molar-refractivity contribution in [1.29, 1.82) is 0 Å². The highest BCUT2D eigenvalue weighted by molar-refractivity contribution is 8.15. The molecular formula is C12H22N4S2. The van der Waals surface area contributed by atoms with E-state index in [0.29, 0.717) is 0 Å². The molecule has 2 N–H and O–H groups in total. The van der Waals surface area contributed by atoms with Crippen LogP contribution in [-0.4, -0.2) is 46.0 Å². The predicted molar refractivity (Wildman–Crippen MR) is 83.9 cm³/mol. The summed E-state index contributed by atoms with van der Waals surface area (Å²) in [5, 5.41) is 8.88. The molecule has 0 aromatic carbocycles. The molecule has 0 saturated heterocycles. The van der Waals surface area contributed by atoms with Crippen molar-refractivity contribution in [3.05, 3.63) is 0 Å². The highest BCUT2D eigenvalue weighted by atomic mass is 32.2. The molecule has 0 unspecified atom stereocenters. The zero-order valence-corrected chi connectivity index (χ0v) is 13.2. The number of nitrogens with one attached hydrogen (secondary N) is 2. The summed E-state index contributed by atoms with van der Waals surface area (Å²) in [5.74, 6) is 0. The Morgan fingerprint density at radius 1 is 0.889 bits per heavy atom. The van der Waals surface area contributed by atoms with Gasteiger partial charge in [0, 0.05) is 22.6 Å². The molecule has 2 rings (SSSR count). The van der Waals surface area contributed by atoms with Gasteiger partial charge in [0.2, 0.25) is 0 Å². The van der Waals surface area contributed by atoms with E-state index in [4.69, 9.17) is 0 Å². The fourth-order valence-corrected chi connectivity index (χ4v) is 3.61. The first-order valence-electron chi connectivity index (χ1n) is 6.31. The summed E-state index contributed by atoms with van der Waals surface area (Å²) in [6, 6.07) is 0. The number of nitrogens with zero attached hydrogens (tertiary/aromatic N) is 2. The molecule has 0 radical (unpaired) electrons. The summed E-state index contributed by atoms with van der Waals surface area (Å²) in [7, 11) is 0. The molecule has 0 saturated carbocycles. The van der Waals surface area contributed by atoms with Crippen LogP contribution in [0.3, 0.4) is 0 Å². The van der Waals surface area contributed by atoms with Gasteiger partial charge in [0.1, 0.15) is 0 Å². The summed E-state index contributed by atoms with van der Waals surface area (Å²) in [5.41, 5.74) is 0. The number of rotatable bonds is 3. The molecule has 0 spiro atoms. The van der Waals surface area contributed by atoms with Crippen molar-refractivity contribution < 1.29 is 0 Å². The molecule has 2 aliphatic rings. The first-order chi connectivity index (χ1) is 8.36. The highest BCUT2D eigenvalue weighted by Gasteiger charge is 2.28. The van der Waals surface area contributed by atoms with Crippen molar-refractivity contribution in [2.24, 2.45) is 9.98 Å². The molecule has 0 fully saturated rings. The molecule has 0 aromatic heterocycles. The topological polar surface area (TPSA) is 48.8 Å². The van der Waals surface area contributed by atoms with Crippen LogP contribution < -0.4 is 10.6 Å². The molecule has 0 bridgehead atoms. The average molecular weight is 286 g/mol. The lowest BCUT2D eigenvalue weighted by molar-refractivity contribution is 0.738. The van der Waals surface area contributed by atoms with Crippen molar-refractivity contribution in [2.75, 3.05) is 26.2 Å². The van der Waals surface area contributed by atoms with Gasteiger partial charge < -0.3 is 10.6 Å². The normalized spacial score (nSPS) is 24.7. The minimum Gasteiger partial charge on any atom is -0.363 e. The molecule has 2 aliphatic heterocycles. The standard InChI is InChI=1S/C12H22N4S2/c1-11(2)7-15-9(17-11)13-5-6-14-10-16-8-12(3,4)18-10/h5-8H2,1-4H3,(H,13,15)(H,14,16). The molecular weight excluding hydrogens is 264 g/mol. The van der Waals surface area contributed by atoms with E-state index in [1.165, 1.54) is 0 Å². The van der Waals surface area contributed by atoms with Gasteiger partial charge in [-0.3, -0.25) is 9.98 Å². The molecule has 4 nitrogen and oxygen atoms in total. The van der Waals surface area contributed by atoms with E-state index in [1.807, 2.05) is 23.5 Å². The van der Waals surface area contributed by atoms with Gasteiger partial charge in [-0.15, -0.1) is 0 Å². The summed E-state index contributed by atoms with van der Waals surface area (Å²) >= 11 is 3.65. The third-order valence-electron chi connectivity index (χ3n) is 2.63. The lowest BCUT2D eigenvalue weighted by Gasteiger charge is -2.15. The lowest BCUT2D eigenvalue weighted by Crippen LogP contribution is -2.32. The van der Waals surface area contributed by atoms with Gasteiger partial charge in [-0.05, 0) is 27.7 Å². The predicted octanol–water partition coefficient (Wildman–Crippen LogP) is 1.93. The number of hydrogen-bond donors (Lipinski definition) is 2. The van der Waals surface area contributed by atoms with E-state index in [1.54, 1.807) is 0 Å². The average Bonchev–Trinajstić information content (AvgIpc) is 2.76. The van der Waals surface area contributed by atoms with Gasteiger partial charge in [-0.2, -0.15) is 0 Å². The van der Waals surface area contributed by atoms with Crippen molar-refractivity contribution in [1.82, 2.24) is 10.6 Å². The highest BCUT2D eigenvalue weighted by Crippen LogP contribution is 2.31. The van der Waals surface area contributed by atoms with Crippen molar-refractivity contribution >= 4 is 33.9 Å². The van der Waals surface area contributed by atoms with Crippen LogP contribution in [-0.2, 0) is 0 Å². The molecule has 2 heterocycles. The first-order valence-corrected chi connectivity index (χ1v) is 7.94. The number of hydrogen-bond acceptors (Lipinski definition) is 6. The van der Waals surface area contributed by atoms with Crippen molar-refractivity contribution in [2.45, 2.75) is 37.2 Å². The SMILES string of the molecule is CC1(C)CN=C(NCCNC2=NCC(C)(C)S2)S1. The van der Waals surface area contributed by atoms with E-state index < -0.39 is 0 Å². The first kappa shape index (κ1) is 14.1. The summed E-state index contributed by atoms with van der Waals surface area (Å²) in [6.07, 6.45) is 0. The molecule has 18 heavy (non-hydrogen) atoms. The van der Waals surface area contributed by atoms with Crippen molar-refractivity contribution in [3.63, 3.8) is 0 Å². The third kappa shape index (κ3) is 4.09. The minimum absolute atomic E-state index is 0.255. The molecule has 0 amide bonds. The van der Waals surface area contributed by atoms with Crippen LogP contribution in [0.15, 0.2) is 9.98 Å². The molecule has 0 aliphatic carbocycles. The monoisotopic (exact) mass is 286 g/mol. The van der Waals surface area contributed by atoms with E-state index in [2.05, 4.69) is 48.3 Å². The maximum atomic E-state index is 4.49. The van der Waals surface area contributed by atoms with Crippen LogP contribution in [0.2, 0.25) is 0 Å². The van der Waals surface area contributed by atoms with Gasteiger partial charge in [0.05, 0.1) is 13.1 Å². The second-order valence-electron chi connectivity index (χ2n) is 5.82. The fraction of sp³-hybridized carbons (Fsp3) is 0.833. The zero-order chi connectivity index (χ0) is 13.2. The summed E-state index contributed by atoms with van der Waals surface area (Å²) in [4.78, 5) is 8.97. The molecule has 0 atom stereocenters. The van der Waals surface area contributed by atoms with Gasteiger partial charge >= 0.3 is 0 Å². The second kappa shape index (κ2) is 5.33. The Morgan fingerprint density at radius 2 is 1.28 bits per heavy atom. The Kier molecular flexibility index (Phi) is 4.16. The number of aliphatic imine (C=N–C) groups is 2. The molecule has 6 heteroatoms. The van der Waals surface area contributed by atoms with Crippen LogP contribution in [0.5, 0.6) is 0 Å². The summed E-state index contributed by atoms with van der Waals surface area (Å²) in [6.45, 7) is 12.5. The largest absolute Gasteiger partial charge is 0.363 e. The molecule has 0 aromatic rings. The van der Waals surface area contributed by atoms with Gasteiger partial charge in [-0.25, -0.2) is 0 Å². The van der Waals surface area contributed by atoms with Crippen LogP contribution in [0, 0.1) is 0 Å². The number of amidine groups is 2. The van der Waals surface area contributed by atoms with E-state index in [9.17, 15) is 0 Å². The van der Waals surface area contributed by atoms with E-state index >= 15 is 0 Å². The Bertz CT molecular complexity index is 338. The number of thioether (sulfide) groups is 2. The Labute approximate surface area is 118 Å². The van der Waals surface area contributed by atoms with Crippen LogP contribution in [0.25, 0.3) is 0 Å². The van der Waals surface area contributed by atoms with Gasteiger partial charge in [0.25, 0.3) is 0 Å². The Hall–Kier alpha value is -0.360. The second-order valence-corrected chi connectivity index (χ2v) is 9.21. The molecule has 102 valence electrons. The van der Waals surface area contributed by atoms with Crippen molar-refractivity contribution in [3.8, 4) is 0 Å². The van der Waals surface area contributed by atoms with E-state index in [0.717, 1.165) is 36.5 Å². The quantitative estimate of drug-likeness (QED) is 0.778. The van der Waals surface area contributed by atoms with Crippen LogP contribution >= 0.6 is 23.5 Å². The maximum absolute atomic E-state index is 4.49. The Morgan fingerprint density at radius 3 is 1.56 bits per heavy atom. The fourth-order valence-electron chi connectivity index (χ4n) is 1.70. The maximum Gasteiger partial charge on any atom is 0.157 e. The zero-order valence-electron chi connectivity index (χ0n) is 11.5. The minimum atomic E-state index is 0.255. The van der Waals surface area contributed by atoms with E-state index in [-0.39, 0.29) is 9.49 Å². The van der Waals surface area contributed by atoms with Crippen LogP contribution in [0.1, 0.15) is 27.7 Å². The lowest BCUT2D eigenvalue weighted by atomic mass is 10.2. The Balaban J connectivity index is 1.60.